The van der Waals surface area contributed by atoms with Crippen LogP contribution in [0.1, 0.15) is 10.4 Å². The summed E-state index contributed by atoms with van der Waals surface area (Å²) in [6, 6.07) is 5.37. The summed E-state index contributed by atoms with van der Waals surface area (Å²) in [5, 5.41) is 2.94. The molecule has 21 heavy (non-hydrogen) atoms. The van der Waals surface area contributed by atoms with Gasteiger partial charge in [0.05, 0.1) is 24.2 Å². The molecule has 6 heteroatoms. The molecule has 1 amide bonds. The molecule has 1 N–H and O–H groups in total. The summed E-state index contributed by atoms with van der Waals surface area (Å²) in [5.41, 5.74) is 2.14. The normalized spacial score (nSPS) is 16.0. The van der Waals surface area contributed by atoms with Crippen LogP contribution < -0.4 is 5.32 Å². The molecule has 3 rings (SSSR count). The Morgan fingerprint density at radius 2 is 1.95 bits per heavy atom. The highest BCUT2D eigenvalue weighted by Gasteiger charge is 2.11. The third-order valence-corrected chi connectivity index (χ3v) is 3.55. The number of ether oxygens (including phenoxy) is 1. The van der Waals surface area contributed by atoms with Gasteiger partial charge in [-0.05, 0) is 18.2 Å². The van der Waals surface area contributed by atoms with Crippen LogP contribution in [0.5, 0.6) is 0 Å². The number of hydrogen-bond donors (Lipinski definition) is 1. The fourth-order valence-corrected chi connectivity index (χ4v) is 2.36. The molecule has 0 atom stereocenters. The summed E-state index contributed by atoms with van der Waals surface area (Å²) in [5.74, 6) is -0.0733. The highest BCUT2D eigenvalue weighted by atomic mass is 16.5. The Balaban J connectivity index is 1.56. The Bertz CT molecular complexity index is 626. The average Bonchev–Trinajstić information content (AvgIpc) is 2.55. The third-order valence-electron chi connectivity index (χ3n) is 3.55. The molecule has 0 aliphatic carbocycles. The lowest BCUT2D eigenvalue weighted by atomic mass is 10.2. The number of nitrogens with zero attached hydrogens (tertiary/aromatic N) is 3. The van der Waals surface area contributed by atoms with Crippen molar-refractivity contribution in [3.05, 3.63) is 36.2 Å². The molecule has 0 unspecified atom stereocenters. The minimum Gasteiger partial charge on any atom is -0.379 e. The van der Waals surface area contributed by atoms with Crippen molar-refractivity contribution < 1.29 is 9.53 Å². The molecule has 1 saturated heterocycles. The van der Waals surface area contributed by atoms with Crippen LogP contribution >= 0.6 is 0 Å². The number of aromatic nitrogens is 2. The summed E-state index contributed by atoms with van der Waals surface area (Å²) in [6.45, 7) is 4.90. The molecule has 1 aromatic carbocycles. The molecule has 0 spiro atoms. The van der Waals surface area contributed by atoms with Crippen molar-refractivity contribution in [2.75, 3.05) is 39.4 Å². The van der Waals surface area contributed by atoms with E-state index in [1.807, 2.05) is 6.07 Å². The second-order valence-corrected chi connectivity index (χ2v) is 4.97. The number of amides is 1. The zero-order valence-electron chi connectivity index (χ0n) is 11.8. The van der Waals surface area contributed by atoms with Crippen molar-refractivity contribution in [3.8, 4) is 0 Å². The van der Waals surface area contributed by atoms with Crippen molar-refractivity contribution in [3.63, 3.8) is 0 Å². The van der Waals surface area contributed by atoms with Gasteiger partial charge in [-0.25, -0.2) is 0 Å². The quantitative estimate of drug-likeness (QED) is 0.896. The number of hydrogen-bond acceptors (Lipinski definition) is 5. The zero-order chi connectivity index (χ0) is 14.5. The van der Waals surface area contributed by atoms with Gasteiger partial charge in [0.1, 0.15) is 0 Å². The Hall–Kier alpha value is -2.05. The van der Waals surface area contributed by atoms with Crippen LogP contribution in [0.4, 0.5) is 0 Å². The van der Waals surface area contributed by atoms with Gasteiger partial charge in [-0.1, -0.05) is 0 Å². The number of rotatable bonds is 4. The van der Waals surface area contributed by atoms with E-state index in [0.29, 0.717) is 12.1 Å². The van der Waals surface area contributed by atoms with E-state index in [0.717, 1.165) is 43.9 Å². The molecule has 2 aromatic rings. The summed E-state index contributed by atoms with van der Waals surface area (Å²) in [7, 11) is 0. The first-order valence-electron chi connectivity index (χ1n) is 7.12. The third kappa shape index (κ3) is 3.53. The van der Waals surface area contributed by atoms with Crippen molar-refractivity contribution in [2.45, 2.75) is 0 Å². The molecule has 6 nitrogen and oxygen atoms in total. The number of nitrogens with one attached hydrogen (secondary N) is 1. The molecular formula is C15H18N4O2. The summed E-state index contributed by atoms with van der Waals surface area (Å²) >= 11 is 0. The lowest BCUT2D eigenvalue weighted by Gasteiger charge is -2.26. The van der Waals surface area contributed by atoms with Crippen LogP contribution in [-0.2, 0) is 4.74 Å². The first-order valence-corrected chi connectivity index (χ1v) is 7.12. The van der Waals surface area contributed by atoms with Crippen LogP contribution in [0.25, 0.3) is 11.0 Å². The standard InChI is InChI=1S/C15H18N4O2/c20-15(18-5-6-19-7-9-21-10-8-19)12-1-2-13-14(11-12)17-4-3-16-13/h1-4,11H,5-10H2,(H,18,20). The predicted molar refractivity (Wildman–Crippen MR) is 79.1 cm³/mol. The monoisotopic (exact) mass is 286 g/mol. The number of carbonyl (C=O) groups is 1. The van der Waals surface area contributed by atoms with E-state index in [2.05, 4.69) is 20.2 Å². The number of benzene rings is 1. The Labute approximate surface area is 123 Å². The summed E-state index contributed by atoms with van der Waals surface area (Å²) in [6.07, 6.45) is 3.27. The molecule has 1 aromatic heterocycles. The van der Waals surface area contributed by atoms with Gasteiger partial charge in [0.2, 0.25) is 0 Å². The van der Waals surface area contributed by atoms with E-state index in [1.54, 1.807) is 24.5 Å². The van der Waals surface area contributed by atoms with Gasteiger partial charge in [0.15, 0.2) is 0 Å². The molecular weight excluding hydrogens is 268 g/mol. The predicted octanol–water partition coefficient (Wildman–Crippen LogP) is 0.692. The SMILES string of the molecule is O=C(NCCN1CCOCC1)c1ccc2nccnc2c1. The molecule has 0 bridgehead atoms. The molecule has 1 aliphatic heterocycles. The minimum atomic E-state index is -0.0733. The fraction of sp³-hybridized carbons (Fsp3) is 0.400. The van der Waals surface area contributed by atoms with Crippen LogP contribution in [0, 0.1) is 0 Å². The first kappa shape index (κ1) is 13.9. The second-order valence-electron chi connectivity index (χ2n) is 4.97. The molecule has 1 fully saturated rings. The molecule has 110 valence electrons. The smallest absolute Gasteiger partial charge is 0.251 e. The van der Waals surface area contributed by atoms with Gasteiger partial charge >= 0.3 is 0 Å². The van der Waals surface area contributed by atoms with Crippen LogP contribution in [0.3, 0.4) is 0 Å². The highest BCUT2D eigenvalue weighted by molar-refractivity contribution is 5.97. The fourth-order valence-electron chi connectivity index (χ4n) is 2.36. The first-order chi connectivity index (χ1) is 10.3. The van der Waals surface area contributed by atoms with Gasteiger partial charge in [-0.3, -0.25) is 19.7 Å². The lowest BCUT2D eigenvalue weighted by Crippen LogP contribution is -2.41. The minimum absolute atomic E-state index is 0.0733. The van der Waals surface area contributed by atoms with E-state index >= 15 is 0 Å². The Morgan fingerprint density at radius 3 is 2.76 bits per heavy atom. The number of morpholine rings is 1. The van der Waals surface area contributed by atoms with Crippen LogP contribution in [-0.4, -0.2) is 60.2 Å². The van der Waals surface area contributed by atoms with Crippen molar-refractivity contribution in [1.82, 2.24) is 20.2 Å². The molecule has 2 heterocycles. The van der Waals surface area contributed by atoms with Gasteiger partial charge in [-0.2, -0.15) is 0 Å². The van der Waals surface area contributed by atoms with Gasteiger partial charge in [-0.15, -0.1) is 0 Å². The highest BCUT2D eigenvalue weighted by Crippen LogP contribution is 2.10. The van der Waals surface area contributed by atoms with Crippen molar-refractivity contribution in [1.29, 1.82) is 0 Å². The van der Waals surface area contributed by atoms with E-state index in [4.69, 9.17) is 4.74 Å². The zero-order valence-corrected chi connectivity index (χ0v) is 11.8. The Morgan fingerprint density at radius 1 is 1.19 bits per heavy atom. The van der Waals surface area contributed by atoms with Crippen molar-refractivity contribution >= 4 is 16.9 Å². The lowest BCUT2D eigenvalue weighted by molar-refractivity contribution is 0.0383. The van der Waals surface area contributed by atoms with E-state index < -0.39 is 0 Å². The van der Waals surface area contributed by atoms with Gasteiger partial charge in [0.25, 0.3) is 5.91 Å². The number of carbonyl (C=O) groups excluding carboxylic acids is 1. The van der Waals surface area contributed by atoms with E-state index in [1.165, 1.54) is 0 Å². The molecule has 0 radical (unpaired) electrons. The molecule has 1 aliphatic rings. The van der Waals surface area contributed by atoms with Crippen LogP contribution in [0.15, 0.2) is 30.6 Å². The molecule has 0 saturated carbocycles. The van der Waals surface area contributed by atoms with Gasteiger partial charge in [0, 0.05) is 44.1 Å². The van der Waals surface area contributed by atoms with Crippen LogP contribution in [0.2, 0.25) is 0 Å². The topological polar surface area (TPSA) is 67.4 Å². The van der Waals surface area contributed by atoms with Gasteiger partial charge < -0.3 is 10.1 Å². The maximum absolute atomic E-state index is 12.1. The Kier molecular flexibility index (Phi) is 4.37. The second kappa shape index (κ2) is 6.60. The summed E-state index contributed by atoms with van der Waals surface area (Å²) in [4.78, 5) is 22.8. The van der Waals surface area contributed by atoms with Crippen molar-refractivity contribution in [2.24, 2.45) is 0 Å². The number of fused-ring (bicyclic) bond motifs is 1. The van der Waals surface area contributed by atoms with E-state index in [-0.39, 0.29) is 5.91 Å². The average molecular weight is 286 g/mol. The maximum Gasteiger partial charge on any atom is 0.251 e. The summed E-state index contributed by atoms with van der Waals surface area (Å²) < 4.78 is 5.30. The van der Waals surface area contributed by atoms with E-state index in [9.17, 15) is 4.79 Å². The largest absolute Gasteiger partial charge is 0.379 e. The maximum atomic E-state index is 12.1.